The number of nitrogens with one attached hydrogen (secondary N) is 1. The SMILES string of the molecule is COC(=O)c1c(NC(=O)C(C)(C)C)sc2c1CCCCCC2. The Labute approximate surface area is 136 Å². The fourth-order valence-corrected chi connectivity index (χ4v) is 3.89. The number of carbonyl (C=O) groups excluding carboxylic acids is 2. The van der Waals surface area contributed by atoms with Crippen molar-refractivity contribution in [3.63, 3.8) is 0 Å². The van der Waals surface area contributed by atoms with Gasteiger partial charge in [-0.25, -0.2) is 4.79 Å². The monoisotopic (exact) mass is 323 g/mol. The zero-order chi connectivity index (χ0) is 16.3. The number of carbonyl (C=O) groups is 2. The number of thiophene rings is 1. The van der Waals surface area contributed by atoms with Crippen LogP contribution in [0.2, 0.25) is 0 Å². The molecule has 22 heavy (non-hydrogen) atoms. The van der Waals surface area contributed by atoms with E-state index in [1.54, 1.807) is 0 Å². The number of fused-ring (bicyclic) bond motifs is 1. The van der Waals surface area contributed by atoms with Crippen molar-refractivity contribution in [3.8, 4) is 0 Å². The van der Waals surface area contributed by atoms with Gasteiger partial charge in [0.05, 0.1) is 12.7 Å². The molecule has 1 heterocycles. The highest BCUT2D eigenvalue weighted by Gasteiger charge is 2.28. The van der Waals surface area contributed by atoms with E-state index < -0.39 is 5.41 Å². The van der Waals surface area contributed by atoms with Crippen LogP contribution in [0.3, 0.4) is 0 Å². The van der Waals surface area contributed by atoms with Gasteiger partial charge in [0.2, 0.25) is 5.91 Å². The zero-order valence-corrected chi connectivity index (χ0v) is 14.7. The molecule has 1 aliphatic rings. The largest absolute Gasteiger partial charge is 0.465 e. The molecule has 1 aliphatic carbocycles. The number of hydrogen-bond acceptors (Lipinski definition) is 4. The fraction of sp³-hybridized carbons (Fsp3) is 0.647. The molecule has 1 N–H and O–H groups in total. The number of hydrogen-bond donors (Lipinski definition) is 1. The topological polar surface area (TPSA) is 55.4 Å². The summed E-state index contributed by atoms with van der Waals surface area (Å²) in [6.45, 7) is 5.59. The number of rotatable bonds is 2. The summed E-state index contributed by atoms with van der Waals surface area (Å²) in [5.74, 6) is -0.422. The molecule has 0 saturated carbocycles. The van der Waals surface area contributed by atoms with Crippen LogP contribution in [-0.2, 0) is 22.4 Å². The Morgan fingerprint density at radius 3 is 2.32 bits per heavy atom. The summed E-state index contributed by atoms with van der Waals surface area (Å²) < 4.78 is 4.96. The van der Waals surface area contributed by atoms with Crippen LogP contribution in [0.5, 0.6) is 0 Å². The van der Waals surface area contributed by atoms with E-state index in [0.29, 0.717) is 10.6 Å². The molecule has 0 saturated heterocycles. The van der Waals surface area contributed by atoms with Crippen LogP contribution in [0.15, 0.2) is 0 Å². The first-order chi connectivity index (χ1) is 10.3. The van der Waals surface area contributed by atoms with Crippen molar-refractivity contribution in [2.24, 2.45) is 5.41 Å². The van der Waals surface area contributed by atoms with E-state index in [2.05, 4.69) is 5.32 Å². The van der Waals surface area contributed by atoms with E-state index in [0.717, 1.165) is 31.2 Å². The lowest BCUT2D eigenvalue weighted by Gasteiger charge is -2.17. The lowest BCUT2D eigenvalue weighted by atomic mass is 9.95. The molecule has 2 rings (SSSR count). The summed E-state index contributed by atoms with van der Waals surface area (Å²) >= 11 is 1.54. The van der Waals surface area contributed by atoms with Gasteiger partial charge in [-0.15, -0.1) is 11.3 Å². The minimum Gasteiger partial charge on any atom is -0.465 e. The average molecular weight is 323 g/mol. The van der Waals surface area contributed by atoms with E-state index in [-0.39, 0.29) is 11.9 Å². The molecule has 122 valence electrons. The maximum absolute atomic E-state index is 12.3. The Kier molecular flexibility index (Phi) is 5.27. The maximum Gasteiger partial charge on any atom is 0.341 e. The van der Waals surface area contributed by atoms with Crippen molar-refractivity contribution < 1.29 is 14.3 Å². The van der Waals surface area contributed by atoms with Gasteiger partial charge in [0.1, 0.15) is 5.00 Å². The van der Waals surface area contributed by atoms with Gasteiger partial charge >= 0.3 is 5.97 Å². The summed E-state index contributed by atoms with van der Waals surface area (Å²) in [5.41, 5.74) is 1.16. The Hall–Kier alpha value is -1.36. The van der Waals surface area contributed by atoms with E-state index in [1.165, 1.54) is 36.2 Å². The molecule has 0 unspecified atom stereocenters. The summed E-state index contributed by atoms with van der Waals surface area (Å²) in [4.78, 5) is 25.7. The second-order valence-electron chi connectivity index (χ2n) is 6.82. The number of methoxy groups -OCH3 is 1. The normalized spacial score (nSPS) is 15.5. The van der Waals surface area contributed by atoms with Gasteiger partial charge in [0, 0.05) is 10.3 Å². The third kappa shape index (κ3) is 3.69. The van der Waals surface area contributed by atoms with Gasteiger partial charge in [-0.2, -0.15) is 0 Å². The molecule has 4 nitrogen and oxygen atoms in total. The smallest absolute Gasteiger partial charge is 0.341 e. The van der Waals surface area contributed by atoms with Crippen molar-refractivity contribution >= 4 is 28.2 Å². The van der Waals surface area contributed by atoms with Gasteiger partial charge in [0.25, 0.3) is 0 Å². The van der Waals surface area contributed by atoms with Crippen molar-refractivity contribution in [3.05, 3.63) is 16.0 Å². The molecule has 1 amide bonds. The molecule has 0 spiro atoms. The molecule has 5 heteroatoms. The zero-order valence-electron chi connectivity index (χ0n) is 13.9. The highest BCUT2D eigenvalue weighted by molar-refractivity contribution is 7.17. The average Bonchev–Trinajstić information content (AvgIpc) is 2.74. The number of ether oxygens (including phenoxy) is 1. The second kappa shape index (κ2) is 6.82. The quantitative estimate of drug-likeness (QED) is 0.831. The van der Waals surface area contributed by atoms with Crippen LogP contribution in [0.25, 0.3) is 0 Å². The van der Waals surface area contributed by atoms with E-state index in [9.17, 15) is 9.59 Å². The van der Waals surface area contributed by atoms with Crippen molar-refractivity contribution in [1.29, 1.82) is 0 Å². The van der Waals surface area contributed by atoms with Crippen LogP contribution in [0.1, 0.15) is 67.3 Å². The Morgan fingerprint density at radius 1 is 1.09 bits per heavy atom. The van der Waals surface area contributed by atoms with Crippen LogP contribution >= 0.6 is 11.3 Å². The van der Waals surface area contributed by atoms with Crippen LogP contribution < -0.4 is 5.32 Å². The number of esters is 1. The van der Waals surface area contributed by atoms with Crippen molar-refractivity contribution in [2.75, 3.05) is 12.4 Å². The highest BCUT2D eigenvalue weighted by Crippen LogP contribution is 2.38. The number of anilines is 1. The molecule has 0 aliphatic heterocycles. The van der Waals surface area contributed by atoms with Crippen LogP contribution in [0, 0.1) is 5.41 Å². The highest BCUT2D eigenvalue weighted by atomic mass is 32.1. The number of aryl methyl sites for hydroxylation is 1. The predicted octanol–water partition coefficient (Wildman–Crippen LogP) is 4.18. The molecular formula is C17H25NO3S. The van der Waals surface area contributed by atoms with Crippen molar-refractivity contribution in [2.45, 2.75) is 59.3 Å². The first-order valence-corrected chi connectivity index (χ1v) is 8.70. The third-order valence-electron chi connectivity index (χ3n) is 3.97. The lowest BCUT2D eigenvalue weighted by molar-refractivity contribution is -0.123. The molecule has 1 aromatic heterocycles. The Bertz CT molecular complexity index is 569. The molecule has 0 bridgehead atoms. The summed E-state index contributed by atoms with van der Waals surface area (Å²) in [7, 11) is 1.39. The van der Waals surface area contributed by atoms with Crippen LogP contribution in [0.4, 0.5) is 5.00 Å². The minimum atomic E-state index is -0.494. The van der Waals surface area contributed by atoms with E-state index >= 15 is 0 Å². The molecule has 0 atom stereocenters. The van der Waals surface area contributed by atoms with Crippen molar-refractivity contribution in [1.82, 2.24) is 0 Å². The van der Waals surface area contributed by atoms with E-state index in [4.69, 9.17) is 4.74 Å². The second-order valence-corrected chi connectivity index (χ2v) is 7.92. The van der Waals surface area contributed by atoms with Gasteiger partial charge in [-0.05, 0) is 31.2 Å². The van der Waals surface area contributed by atoms with Gasteiger partial charge in [0.15, 0.2) is 0 Å². The van der Waals surface area contributed by atoms with E-state index in [1.807, 2.05) is 20.8 Å². The third-order valence-corrected chi connectivity index (χ3v) is 5.18. The summed E-state index contributed by atoms with van der Waals surface area (Å²) in [5, 5.41) is 3.59. The summed E-state index contributed by atoms with van der Waals surface area (Å²) in [6, 6.07) is 0. The first kappa shape index (κ1) is 17.0. The summed E-state index contributed by atoms with van der Waals surface area (Å²) in [6.07, 6.45) is 6.52. The van der Waals surface area contributed by atoms with Gasteiger partial charge < -0.3 is 10.1 Å². The minimum absolute atomic E-state index is 0.0770. The standard InChI is InChI=1S/C17H25NO3S/c1-17(2,3)16(20)18-14-13(15(19)21-4)11-9-7-5-6-8-10-12(11)22-14/h5-10H2,1-4H3,(H,18,20). The number of amides is 1. The fourth-order valence-electron chi connectivity index (χ4n) is 2.62. The molecule has 0 aromatic carbocycles. The maximum atomic E-state index is 12.3. The van der Waals surface area contributed by atoms with Gasteiger partial charge in [-0.3, -0.25) is 4.79 Å². The van der Waals surface area contributed by atoms with Crippen LogP contribution in [-0.4, -0.2) is 19.0 Å². The molecule has 1 aromatic rings. The predicted molar refractivity (Wildman–Crippen MR) is 89.6 cm³/mol. The Morgan fingerprint density at radius 2 is 1.73 bits per heavy atom. The first-order valence-electron chi connectivity index (χ1n) is 7.89. The molecule has 0 radical (unpaired) electrons. The van der Waals surface area contributed by atoms with Gasteiger partial charge in [-0.1, -0.05) is 33.6 Å². The Balaban J connectivity index is 2.41. The molecular weight excluding hydrogens is 298 g/mol. The lowest BCUT2D eigenvalue weighted by Crippen LogP contribution is -2.28. The molecule has 0 fully saturated rings.